The predicted molar refractivity (Wildman–Crippen MR) is 81.9 cm³/mol. The van der Waals surface area contributed by atoms with Crippen LogP contribution in [0.5, 0.6) is 0 Å². The normalized spacial score (nSPS) is 11.7. The van der Waals surface area contributed by atoms with Crippen LogP contribution in [0.2, 0.25) is 0 Å². The van der Waals surface area contributed by atoms with Crippen LogP contribution in [0.1, 0.15) is 24.0 Å². The molecule has 0 N–H and O–H groups in total. The number of pyridine rings is 1. The van der Waals surface area contributed by atoms with E-state index in [1.54, 1.807) is 30.7 Å². The van der Waals surface area contributed by atoms with Crippen LogP contribution >= 0.6 is 0 Å². The van der Waals surface area contributed by atoms with Crippen molar-refractivity contribution < 1.29 is 8.42 Å². The Bertz CT molecular complexity index is 765. The molecule has 0 amide bonds. The van der Waals surface area contributed by atoms with Gasteiger partial charge in [0.25, 0.3) is 10.0 Å². The van der Waals surface area contributed by atoms with Crippen molar-refractivity contribution >= 4 is 15.8 Å². The highest BCUT2D eigenvalue weighted by Crippen LogP contribution is 2.25. The molecule has 0 fully saturated rings. The van der Waals surface area contributed by atoms with Crippen LogP contribution < -0.4 is 4.31 Å². The van der Waals surface area contributed by atoms with E-state index < -0.39 is 10.0 Å². The second-order valence-electron chi connectivity index (χ2n) is 4.93. The number of rotatable bonds is 4. The van der Waals surface area contributed by atoms with Gasteiger partial charge in [-0.15, -0.1) is 0 Å². The SMILES string of the molecule is CCn1nc(C)c(S(=O)(=O)N(C)c2cccc(C)n2)c1C. The molecule has 2 aromatic heterocycles. The number of hydrogen-bond donors (Lipinski definition) is 0. The van der Waals surface area contributed by atoms with Crippen molar-refractivity contribution in [2.45, 2.75) is 39.1 Å². The lowest BCUT2D eigenvalue weighted by atomic mass is 10.4. The summed E-state index contributed by atoms with van der Waals surface area (Å²) < 4.78 is 28.6. The molecule has 2 rings (SSSR count). The predicted octanol–water partition coefficient (Wildman–Crippen LogP) is 2.05. The Morgan fingerprint density at radius 1 is 1.24 bits per heavy atom. The summed E-state index contributed by atoms with van der Waals surface area (Å²) in [5.41, 5.74) is 1.93. The summed E-state index contributed by atoms with van der Waals surface area (Å²) in [6.07, 6.45) is 0. The number of aryl methyl sites for hydroxylation is 3. The molecule has 0 aromatic carbocycles. The van der Waals surface area contributed by atoms with E-state index >= 15 is 0 Å². The van der Waals surface area contributed by atoms with Gasteiger partial charge in [0.15, 0.2) is 0 Å². The molecule has 0 saturated heterocycles. The fraction of sp³-hybridized carbons (Fsp3) is 0.429. The smallest absolute Gasteiger partial charge is 0.268 e. The maximum atomic E-state index is 12.8. The summed E-state index contributed by atoms with van der Waals surface area (Å²) in [5.74, 6) is 0.401. The maximum Gasteiger partial charge on any atom is 0.268 e. The van der Waals surface area contributed by atoms with Crippen molar-refractivity contribution in [3.05, 3.63) is 35.3 Å². The van der Waals surface area contributed by atoms with Crippen molar-refractivity contribution in [2.24, 2.45) is 0 Å². The molecular weight excluding hydrogens is 288 g/mol. The molecule has 0 atom stereocenters. The number of aromatic nitrogens is 3. The monoisotopic (exact) mass is 308 g/mol. The Labute approximate surface area is 125 Å². The van der Waals surface area contributed by atoms with Gasteiger partial charge in [0, 0.05) is 19.3 Å². The van der Waals surface area contributed by atoms with Crippen molar-refractivity contribution in [1.29, 1.82) is 0 Å². The van der Waals surface area contributed by atoms with Gasteiger partial charge in [-0.1, -0.05) is 6.07 Å². The molecule has 0 aliphatic heterocycles. The average molecular weight is 308 g/mol. The zero-order chi connectivity index (χ0) is 15.8. The molecule has 7 heteroatoms. The van der Waals surface area contributed by atoms with Crippen LogP contribution in [0.15, 0.2) is 23.1 Å². The van der Waals surface area contributed by atoms with Gasteiger partial charge < -0.3 is 0 Å². The zero-order valence-electron chi connectivity index (χ0n) is 13.0. The average Bonchev–Trinajstić information content (AvgIpc) is 2.72. The third-order valence-electron chi connectivity index (χ3n) is 3.43. The zero-order valence-corrected chi connectivity index (χ0v) is 13.8. The van der Waals surface area contributed by atoms with Crippen molar-refractivity contribution in [1.82, 2.24) is 14.8 Å². The van der Waals surface area contributed by atoms with Gasteiger partial charge >= 0.3 is 0 Å². The molecule has 0 aliphatic carbocycles. The van der Waals surface area contributed by atoms with Crippen molar-refractivity contribution in [2.75, 3.05) is 11.4 Å². The molecule has 21 heavy (non-hydrogen) atoms. The molecule has 0 spiro atoms. The van der Waals surface area contributed by atoms with Gasteiger partial charge in [-0.05, 0) is 39.8 Å². The first-order chi connectivity index (χ1) is 9.78. The number of nitrogens with zero attached hydrogens (tertiary/aromatic N) is 4. The third-order valence-corrected chi connectivity index (χ3v) is 5.44. The lowest BCUT2D eigenvalue weighted by Crippen LogP contribution is -2.28. The van der Waals surface area contributed by atoms with Crippen LogP contribution in [0.4, 0.5) is 5.82 Å². The quantitative estimate of drug-likeness (QED) is 0.867. The second kappa shape index (κ2) is 5.48. The summed E-state index contributed by atoms with van der Waals surface area (Å²) in [6, 6.07) is 5.30. The van der Waals surface area contributed by atoms with Gasteiger partial charge in [0.2, 0.25) is 0 Å². The largest absolute Gasteiger partial charge is 0.268 e. The van der Waals surface area contributed by atoms with E-state index in [2.05, 4.69) is 10.1 Å². The fourth-order valence-electron chi connectivity index (χ4n) is 2.33. The summed E-state index contributed by atoms with van der Waals surface area (Å²) in [4.78, 5) is 4.53. The van der Waals surface area contributed by atoms with Crippen molar-refractivity contribution in [3.8, 4) is 0 Å². The molecule has 0 radical (unpaired) electrons. The van der Waals surface area contributed by atoms with Gasteiger partial charge in [-0.25, -0.2) is 13.4 Å². The number of hydrogen-bond acceptors (Lipinski definition) is 4. The van der Waals surface area contributed by atoms with Gasteiger partial charge in [-0.2, -0.15) is 5.10 Å². The topological polar surface area (TPSA) is 68.1 Å². The molecule has 2 aromatic rings. The Balaban J connectivity index is 2.55. The van der Waals surface area contributed by atoms with E-state index in [0.717, 1.165) is 5.69 Å². The third kappa shape index (κ3) is 2.65. The molecule has 0 bridgehead atoms. The summed E-state index contributed by atoms with van der Waals surface area (Å²) in [6.45, 7) is 7.88. The van der Waals surface area contributed by atoms with Crippen LogP contribution in [0.3, 0.4) is 0 Å². The Morgan fingerprint density at radius 2 is 1.90 bits per heavy atom. The van der Waals surface area contributed by atoms with E-state index in [-0.39, 0.29) is 4.90 Å². The molecule has 0 saturated carbocycles. The molecule has 6 nitrogen and oxygen atoms in total. The highest BCUT2D eigenvalue weighted by Gasteiger charge is 2.29. The van der Waals surface area contributed by atoms with Crippen molar-refractivity contribution in [3.63, 3.8) is 0 Å². The molecule has 114 valence electrons. The van der Waals surface area contributed by atoms with E-state index in [9.17, 15) is 8.42 Å². The molecule has 2 heterocycles. The summed E-state index contributed by atoms with van der Waals surface area (Å²) in [5, 5.41) is 4.28. The minimum atomic E-state index is -3.67. The number of anilines is 1. The first-order valence-electron chi connectivity index (χ1n) is 6.75. The first kappa shape index (κ1) is 15.5. The highest BCUT2D eigenvalue weighted by molar-refractivity contribution is 7.92. The molecule has 0 aliphatic rings. The van der Waals surface area contributed by atoms with E-state index in [0.29, 0.717) is 23.8 Å². The van der Waals surface area contributed by atoms with E-state index in [1.807, 2.05) is 19.9 Å². The highest BCUT2D eigenvalue weighted by atomic mass is 32.2. The van der Waals surface area contributed by atoms with Gasteiger partial charge in [-0.3, -0.25) is 8.99 Å². The lowest BCUT2D eigenvalue weighted by Gasteiger charge is -2.19. The number of sulfonamides is 1. The summed E-state index contributed by atoms with van der Waals surface area (Å²) >= 11 is 0. The molecule has 0 unspecified atom stereocenters. The minimum Gasteiger partial charge on any atom is -0.268 e. The Kier molecular flexibility index (Phi) is 4.04. The first-order valence-corrected chi connectivity index (χ1v) is 8.19. The van der Waals surface area contributed by atoms with E-state index in [4.69, 9.17) is 0 Å². The van der Waals surface area contributed by atoms with Crippen LogP contribution in [-0.4, -0.2) is 30.2 Å². The van der Waals surface area contributed by atoms with Crippen LogP contribution in [0, 0.1) is 20.8 Å². The minimum absolute atomic E-state index is 0.259. The lowest BCUT2D eigenvalue weighted by molar-refractivity contribution is 0.591. The van der Waals surface area contributed by atoms with Crippen LogP contribution in [0.25, 0.3) is 0 Å². The summed E-state index contributed by atoms with van der Waals surface area (Å²) in [7, 11) is -2.16. The van der Waals surface area contributed by atoms with Crippen LogP contribution in [-0.2, 0) is 16.6 Å². The standard InChI is InChI=1S/C14H20N4O2S/c1-6-18-12(4)14(11(3)16-18)21(19,20)17(5)13-9-7-8-10(2)15-13/h7-9H,6H2,1-5H3. The maximum absolute atomic E-state index is 12.8. The van der Waals surface area contributed by atoms with E-state index in [1.165, 1.54) is 11.4 Å². The van der Waals surface area contributed by atoms with Gasteiger partial charge in [0.1, 0.15) is 10.7 Å². The fourth-order valence-corrected chi connectivity index (χ4v) is 3.84. The van der Waals surface area contributed by atoms with Gasteiger partial charge in [0.05, 0.1) is 11.4 Å². The Hall–Kier alpha value is -1.89. The Morgan fingerprint density at radius 3 is 2.43 bits per heavy atom. The molecular formula is C14H20N4O2S. The second-order valence-corrected chi connectivity index (χ2v) is 6.83.